The molecule has 2 aliphatic rings. The van der Waals surface area contributed by atoms with Gasteiger partial charge >= 0.3 is 0 Å². The summed E-state index contributed by atoms with van der Waals surface area (Å²) in [6, 6.07) is 9.08. The summed E-state index contributed by atoms with van der Waals surface area (Å²) in [5, 5.41) is 3.11. The van der Waals surface area contributed by atoms with Crippen molar-refractivity contribution in [1.29, 1.82) is 0 Å². The molecular weight excluding hydrogens is 314 g/mol. The van der Waals surface area contributed by atoms with Crippen LogP contribution in [0.15, 0.2) is 24.3 Å². The zero-order valence-electron chi connectivity index (χ0n) is 15.3. The monoisotopic (exact) mass is 343 g/mol. The van der Waals surface area contributed by atoms with Gasteiger partial charge in [0.15, 0.2) is 0 Å². The Labute approximate surface area is 150 Å². The first kappa shape index (κ1) is 17.8. The number of hydrogen-bond donors (Lipinski definition) is 1. The summed E-state index contributed by atoms with van der Waals surface area (Å²) in [6.07, 6.45) is 3.84. The first-order valence-corrected chi connectivity index (χ1v) is 9.44. The molecule has 0 spiro atoms. The molecule has 0 radical (unpaired) electrons. The number of carbonyl (C=O) groups is 2. The fraction of sp³-hybridized carbons (Fsp3) is 0.600. The number of rotatable bonds is 4. The lowest BCUT2D eigenvalue weighted by molar-refractivity contribution is -0.133. The third-order valence-corrected chi connectivity index (χ3v) is 5.63. The number of aryl methyl sites for hydroxylation is 1. The predicted octanol–water partition coefficient (Wildman–Crippen LogP) is 2.20. The molecule has 0 bridgehead atoms. The van der Waals surface area contributed by atoms with Crippen molar-refractivity contribution >= 4 is 17.5 Å². The number of benzene rings is 1. The molecule has 3 rings (SSSR count). The summed E-state index contributed by atoms with van der Waals surface area (Å²) in [7, 11) is 0. The normalized spacial score (nSPS) is 21.0. The maximum Gasteiger partial charge on any atom is 0.223 e. The van der Waals surface area contributed by atoms with Crippen LogP contribution in [0.3, 0.4) is 0 Å². The number of piperidine rings is 1. The highest BCUT2D eigenvalue weighted by atomic mass is 16.2. The predicted molar refractivity (Wildman–Crippen MR) is 99.6 cm³/mol. The Morgan fingerprint density at radius 1 is 1.16 bits per heavy atom. The van der Waals surface area contributed by atoms with Crippen LogP contribution in [0.2, 0.25) is 0 Å². The molecule has 1 aromatic carbocycles. The van der Waals surface area contributed by atoms with E-state index in [0.29, 0.717) is 25.7 Å². The molecular formula is C20H29N3O2. The largest absolute Gasteiger partial charge is 0.367 e. The van der Waals surface area contributed by atoms with Gasteiger partial charge in [0, 0.05) is 50.7 Å². The number of para-hydroxylation sites is 1. The van der Waals surface area contributed by atoms with Crippen LogP contribution in [0.5, 0.6) is 0 Å². The molecule has 2 heterocycles. The van der Waals surface area contributed by atoms with Crippen molar-refractivity contribution in [3.05, 3.63) is 29.8 Å². The number of nitrogens with zero attached hydrogens (tertiary/aromatic N) is 2. The van der Waals surface area contributed by atoms with E-state index < -0.39 is 0 Å². The van der Waals surface area contributed by atoms with E-state index in [1.54, 1.807) is 6.92 Å². The highest BCUT2D eigenvalue weighted by Gasteiger charge is 2.26. The minimum absolute atomic E-state index is 0.0432. The summed E-state index contributed by atoms with van der Waals surface area (Å²) in [6.45, 7) is 6.77. The van der Waals surface area contributed by atoms with Crippen LogP contribution in [-0.2, 0) is 16.0 Å². The summed E-state index contributed by atoms with van der Waals surface area (Å²) in [5.41, 5.74) is 2.72. The number of fused-ring (bicyclic) bond motifs is 1. The van der Waals surface area contributed by atoms with E-state index in [-0.39, 0.29) is 17.7 Å². The molecule has 1 aromatic rings. The van der Waals surface area contributed by atoms with Gasteiger partial charge in [0.25, 0.3) is 0 Å². The Bertz CT molecular complexity index is 623. The topological polar surface area (TPSA) is 52.7 Å². The lowest BCUT2D eigenvalue weighted by Crippen LogP contribution is -2.45. The highest BCUT2D eigenvalue weighted by Crippen LogP contribution is 2.29. The van der Waals surface area contributed by atoms with Gasteiger partial charge in [-0.2, -0.15) is 0 Å². The number of hydrogen-bond acceptors (Lipinski definition) is 3. The van der Waals surface area contributed by atoms with Crippen LogP contribution in [0.1, 0.15) is 38.7 Å². The van der Waals surface area contributed by atoms with Crippen molar-refractivity contribution in [3.63, 3.8) is 0 Å². The lowest BCUT2D eigenvalue weighted by atomic mass is 9.95. The molecule has 136 valence electrons. The Morgan fingerprint density at radius 2 is 1.88 bits per heavy atom. The first-order valence-electron chi connectivity index (χ1n) is 9.44. The van der Waals surface area contributed by atoms with E-state index in [1.807, 2.05) is 4.90 Å². The van der Waals surface area contributed by atoms with E-state index >= 15 is 0 Å². The average Bonchev–Trinajstić information content (AvgIpc) is 2.63. The standard InChI is InChI=1S/C20H29N3O2/c1-15-7-8-17-5-3-4-6-19(17)23(15)14-11-21-20(25)18-9-12-22(13-10-18)16(2)24/h3-6,15,18H,7-14H2,1-2H3,(H,21,25)/t15-/m1/s1. The molecule has 1 fully saturated rings. The maximum absolute atomic E-state index is 12.4. The maximum atomic E-state index is 12.4. The van der Waals surface area contributed by atoms with Crippen molar-refractivity contribution < 1.29 is 9.59 Å². The van der Waals surface area contributed by atoms with Crippen LogP contribution < -0.4 is 10.2 Å². The SMILES string of the molecule is CC(=O)N1CCC(C(=O)NCCN2c3ccccc3CC[C@H]2C)CC1. The average molecular weight is 343 g/mol. The summed E-state index contributed by atoms with van der Waals surface area (Å²) < 4.78 is 0. The summed E-state index contributed by atoms with van der Waals surface area (Å²) >= 11 is 0. The van der Waals surface area contributed by atoms with Gasteiger partial charge in [0.1, 0.15) is 0 Å². The third kappa shape index (κ3) is 4.14. The zero-order valence-corrected chi connectivity index (χ0v) is 15.3. The first-order chi connectivity index (χ1) is 12.1. The van der Waals surface area contributed by atoms with Gasteiger partial charge in [-0.1, -0.05) is 18.2 Å². The van der Waals surface area contributed by atoms with E-state index in [0.717, 1.165) is 32.2 Å². The molecule has 2 aliphatic heterocycles. The van der Waals surface area contributed by atoms with Crippen LogP contribution in [0.4, 0.5) is 5.69 Å². The van der Waals surface area contributed by atoms with Gasteiger partial charge in [-0.25, -0.2) is 0 Å². The Balaban J connectivity index is 1.48. The number of carbonyl (C=O) groups excluding carboxylic acids is 2. The number of anilines is 1. The molecule has 1 saturated heterocycles. The van der Waals surface area contributed by atoms with Crippen molar-refractivity contribution in [2.45, 2.75) is 45.6 Å². The molecule has 5 heteroatoms. The molecule has 25 heavy (non-hydrogen) atoms. The van der Waals surface area contributed by atoms with Gasteiger partial charge in [0.05, 0.1) is 0 Å². The summed E-state index contributed by atoms with van der Waals surface area (Å²) in [5.74, 6) is 0.291. The Hall–Kier alpha value is -2.04. The number of amides is 2. The molecule has 0 unspecified atom stereocenters. The third-order valence-electron chi connectivity index (χ3n) is 5.63. The van der Waals surface area contributed by atoms with Crippen molar-refractivity contribution in [2.24, 2.45) is 5.92 Å². The van der Waals surface area contributed by atoms with Gasteiger partial charge in [0.2, 0.25) is 11.8 Å². The van der Waals surface area contributed by atoms with Gasteiger partial charge < -0.3 is 15.1 Å². The smallest absolute Gasteiger partial charge is 0.223 e. The molecule has 2 amide bonds. The second-order valence-corrected chi connectivity index (χ2v) is 7.28. The molecule has 0 saturated carbocycles. The molecule has 1 atom stereocenters. The van der Waals surface area contributed by atoms with E-state index in [4.69, 9.17) is 0 Å². The minimum atomic E-state index is 0.0432. The number of likely N-dealkylation sites (tertiary alicyclic amines) is 1. The van der Waals surface area contributed by atoms with Crippen LogP contribution in [0.25, 0.3) is 0 Å². The second-order valence-electron chi connectivity index (χ2n) is 7.28. The van der Waals surface area contributed by atoms with Crippen molar-refractivity contribution in [2.75, 3.05) is 31.1 Å². The molecule has 0 aromatic heterocycles. The van der Waals surface area contributed by atoms with E-state index in [1.165, 1.54) is 11.3 Å². The lowest BCUT2D eigenvalue weighted by Gasteiger charge is -2.37. The van der Waals surface area contributed by atoms with Gasteiger partial charge in [-0.3, -0.25) is 9.59 Å². The van der Waals surface area contributed by atoms with E-state index in [2.05, 4.69) is 41.4 Å². The number of nitrogens with one attached hydrogen (secondary N) is 1. The highest BCUT2D eigenvalue weighted by molar-refractivity contribution is 5.79. The van der Waals surface area contributed by atoms with Crippen molar-refractivity contribution in [1.82, 2.24) is 10.2 Å². The molecule has 0 aliphatic carbocycles. The Morgan fingerprint density at radius 3 is 2.60 bits per heavy atom. The second kappa shape index (κ2) is 7.89. The van der Waals surface area contributed by atoms with Gasteiger partial charge in [-0.05, 0) is 44.2 Å². The molecule has 1 N–H and O–H groups in total. The van der Waals surface area contributed by atoms with Crippen LogP contribution >= 0.6 is 0 Å². The van der Waals surface area contributed by atoms with E-state index in [9.17, 15) is 9.59 Å². The Kier molecular flexibility index (Phi) is 5.61. The minimum Gasteiger partial charge on any atom is -0.367 e. The van der Waals surface area contributed by atoms with Gasteiger partial charge in [-0.15, -0.1) is 0 Å². The van der Waals surface area contributed by atoms with Crippen LogP contribution in [0, 0.1) is 5.92 Å². The molecule has 5 nitrogen and oxygen atoms in total. The van der Waals surface area contributed by atoms with Crippen LogP contribution in [-0.4, -0.2) is 48.9 Å². The zero-order chi connectivity index (χ0) is 17.8. The summed E-state index contributed by atoms with van der Waals surface area (Å²) in [4.78, 5) is 28.0. The van der Waals surface area contributed by atoms with Crippen molar-refractivity contribution in [3.8, 4) is 0 Å². The fourth-order valence-corrected chi connectivity index (χ4v) is 4.00. The quantitative estimate of drug-likeness (QED) is 0.912. The fourth-order valence-electron chi connectivity index (χ4n) is 4.00.